The Labute approximate surface area is 273 Å². The van der Waals surface area contributed by atoms with E-state index in [0.29, 0.717) is 5.41 Å². The zero-order chi connectivity index (χ0) is 30.9. The van der Waals surface area contributed by atoms with Crippen LogP contribution < -0.4 is 0 Å². The van der Waals surface area contributed by atoms with Crippen molar-refractivity contribution in [3.05, 3.63) is 35.9 Å². The molecule has 1 aromatic rings. The average molecular weight is 597 g/mol. The third kappa shape index (κ3) is 23.3. The van der Waals surface area contributed by atoms with Gasteiger partial charge in [-0.05, 0) is 30.2 Å². The van der Waals surface area contributed by atoms with Crippen LogP contribution in [0, 0.1) is 0 Å². The zero-order valence-corrected chi connectivity index (χ0v) is 30.2. The summed E-state index contributed by atoms with van der Waals surface area (Å²) in [5.41, 5.74) is 2.08. The standard InChI is InChI=1S/C43H80/c1-4-7-10-13-16-19-22-25-28-34-39-43(42-37-32-31-33-38-42,40-35-29-26-23-20-17-14-11-8-5-2)41-36-30-27-24-21-18-15-12-9-6-3/h31-33,37-38H,4-30,34-36,39-41H2,1-3H3. The zero-order valence-electron chi connectivity index (χ0n) is 30.2. The minimum absolute atomic E-state index is 0.418. The van der Waals surface area contributed by atoms with Crippen molar-refractivity contribution in [2.45, 2.75) is 238 Å². The van der Waals surface area contributed by atoms with Crippen LogP contribution in [0.25, 0.3) is 0 Å². The molecule has 0 aliphatic carbocycles. The lowest BCUT2D eigenvalue weighted by Gasteiger charge is -2.35. The van der Waals surface area contributed by atoms with E-state index in [-0.39, 0.29) is 0 Å². The smallest absolute Gasteiger partial charge is 0.00470 e. The summed E-state index contributed by atoms with van der Waals surface area (Å²) in [7, 11) is 0. The molecule has 0 heteroatoms. The molecule has 0 bridgehead atoms. The van der Waals surface area contributed by atoms with Gasteiger partial charge in [0, 0.05) is 0 Å². The first kappa shape index (κ1) is 40.2. The molecule has 1 rings (SSSR count). The Morgan fingerprint density at radius 2 is 0.535 bits per heavy atom. The topological polar surface area (TPSA) is 0 Å². The molecular formula is C43H80. The van der Waals surface area contributed by atoms with E-state index >= 15 is 0 Å². The average Bonchev–Trinajstić information content (AvgIpc) is 3.03. The van der Waals surface area contributed by atoms with Gasteiger partial charge in [0.15, 0.2) is 0 Å². The van der Waals surface area contributed by atoms with Crippen molar-refractivity contribution in [3.63, 3.8) is 0 Å². The summed E-state index contributed by atoms with van der Waals surface area (Å²) in [4.78, 5) is 0. The molecule has 0 aliphatic heterocycles. The van der Waals surface area contributed by atoms with E-state index < -0.39 is 0 Å². The lowest BCUT2D eigenvalue weighted by molar-refractivity contribution is 0.299. The molecule has 0 fully saturated rings. The van der Waals surface area contributed by atoms with Crippen LogP contribution in [0.1, 0.15) is 238 Å². The first-order valence-corrected chi connectivity index (χ1v) is 20.3. The van der Waals surface area contributed by atoms with E-state index in [4.69, 9.17) is 0 Å². The molecule has 1 aromatic carbocycles. The Morgan fingerprint density at radius 3 is 0.791 bits per heavy atom. The monoisotopic (exact) mass is 597 g/mol. The van der Waals surface area contributed by atoms with Gasteiger partial charge in [-0.25, -0.2) is 0 Å². The minimum atomic E-state index is 0.418. The molecule has 0 heterocycles. The Hall–Kier alpha value is -0.780. The quantitative estimate of drug-likeness (QED) is 0.0694. The predicted octanol–water partition coefficient (Wildman–Crippen LogP) is 15.9. The van der Waals surface area contributed by atoms with Crippen LogP contribution in [-0.4, -0.2) is 0 Å². The van der Waals surface area contributed by atoms with Crippen molar-refractivity contribution in [2.24, 2.45) is 0 Å². The molecule has 0 aromatic heterocycles. The van der Waals surface area contributed by atoms with E-state index in [9.17, 15) is 0 Å². The van der Waals surface area contributed by atoms with Gasteiger partial charge in [0.1, 0.15) is 0 Å². The van der Waals surface area contributed by atoms with Crippen LogP contribution in [0.5, 0.6) is 0 Å². The summed E-state index contributed by atoms with van der Waals surface area (Å²) in [5, 5.41) is 0. The van der Waals surface area contributed by atoms with Crippen LogP contribution in [0.2, 0.25) is 0 Å². The number of rotatable bonds is 34. The summed E-state index contributed by atoms with van der Waals surface area (Å²) in [6.07, 6.45) is 47.5. The molecule has 0 aliphatic rings. The predicted molar refractivity (Wildman–Crippen MR) is 198 cm³/mol. The Morgan fingerprint density at radius 1 is 0.302 bits per heavy atom. The second kappa shape index (κ2) is 31.2. The third-order valence-corrected chi connectivity index (χ3v) is 10.4. The summed E-state index contributed by atoms with van der Waals surface area (Å²) in [6.45, 7) is 6.97. The molecule has 0 N–H and O–H groups in total. The molecule has 0 atom stereocenters. The summed E-state index contributed by atoms with van der Waals surface area (Å²) >= 11 is 0. The van der Waals surface area contributed by atoms with Gasteiger partial charge in [0.2, 0.25) is 0 Å². The van der Waals surface area contributed by atoms with E-state index in [2.05, 4.69) is 51.1 Å². The number of hydrogen-bond donors (Lipinski definition) is 0. The van der Waals surface area contributed by atoms with E-state index in [1.165, 1.54) is 212 Å². The molecular weight excluding hydrogens is 516 g/mol. The van der Waals surface area contributed by atoms with Crippen molar-refractivity contribution in [3.8, 4) is 0 Å². The van der Waals surface area contributed by atoms with Crippen molar-refractivity contribution >= 4 is 0 Å². The van der Waals surface area contributed by atoms with E-state index in [1.807, 2.05) is 0 Å². The Kier molecular flexibility index (Phi) is 29.2. The molecule has 43 heavy (non-hydrogen) atoms. The van der Waals surface area contributed by atoms with Crippen LogP contribution in [0.3, 0.4) is 0 Å². The van der Waals surface area contributed by atoms with Crippen LogP contribution in [-0.2, 0) is 5.41 Å². The van der Waals surface area contributed by atoms with E-state index in [0.717, 1.165) is 0 Å². The largest absolute Gasteiger partial charge is 0.0654 e. The molecule has 0 unspecified atom stereocenters. The molecule has 0 spiro atoms. The normalized spacial score (nSPS) is 11.9. The molecule has 0 amide bonds. The minimum Gasteiger partial charge on any atom is -0.0654 e. The first-order valence-electron chi connectivity index (χ1n) is 20.3. The van der Waals surface area contributed by atoms with E-state index in [1.54, 1.807) is 5.56 Å². The van der Waals surface area contributed by atoms with Gasteiger partial charge in [-0.1, -0.05) is 244 Å². The Bertz CT molecular complexity index is 585. The van der Waals surface area contributed by atoms with Crippen molar-refractivity contribution in [2.75, 3.05) is 0 Å². The van der Waals surface area contributed by atoms with Crippen LogP contribution >= 0.6 is 0 Å². The molecule has 252 valence electrons. The number of hydrogen-bond acceptors (Lipinski definition) is 0. The lowest BCUT2D eigenvalue weighted by atomic mass is 9.69. The highest BCUT2D eigenvalue weighted by Crippen LogP contribution is 2.41. The fraction of sp³-hybridized carbons (Fsp3) is 0.860. The van der Waals surface area contributed by atoms with Gasteiger partial charge in [-0.15, -0.1) is 0 Å². The molecule has 0 saturated carbocycles. The SMILES string of the molecule is CCCCCCCCCCCCC(CCCCCCCCCCCC)(CCCCCCCCCCCC)c1ccccc1. The highest BCUT2D eigenvalue weighted by atomic mass is 14.3. The van der Waals surface area contributed by atoms with Crippen LogP contribution in [0.15, 0.2) is 30.3 Å². The molecule has 0 saturated heterocycles. The highest BCUT2D eigenvalue weighted by molar-refractivity contribution is 5.25. The van der Waals surface area contributed by atoms with Gasteiger partial charge in [-0.3, -0.25) is 0 Å². The van der Waals surface area contributed by atoms with Crippen LogP contribution in [0.4, 0.5) is 0 Å². The second-order valence-electron chi connectivity index (χ2n) is 14.4. The van der Waals surface area contributed by atoms with Gasteiger partial charge in [-0.2, -0.15) is 0 Å². The summed E-state index contributed by atoms with van der Waals surface area (Å²) < 4.78 is 0. The first-order chi connectivity index (χ1) is 21.3. The third-order valence-electron chi connectivity index (χ3n) is 10.4. The van der Waals surface area contributed by atoms with Crippen molar-refractivity contribution < 1.29 is 0 Å². The maximum absolute atomic E-state index is 2.49. The summed E-state index contributed by atoms with van der Waals surface area (Å²) in [5.74, 6) is 0. The maximum atomic E-state index is 2.49. The Balaban J connectivity index is 2.56. The second-order valence-corrected chi connectivity index (χ2v) is 14.4. The fourth-order valence-corrected chi connectivity index (χ4v) is 7.45. The molecule has 0 radical (unpaired) electrons. The van der Waals surface area contributed by atoms with Gasteiger partial charge >= 0.3 is 0 Å². The molecule has 0 nitrogen and oxygen atoms in total. The highest BCUT2D eigenvalue weighted by Gasteiger charge is 2.30. The van der Waals surface area contributed by atoms with Gasteiger partial charge in [0.05, 0.1) is 0 Å². The fourth-order valence-electron chi connectivity index (χ4n) is 7.45. The van der Waals surface area contributed by atoms with Gasteiger partial charge < -0.3 is 0 Å². The maximum Gasteiger partial charge on any atom is -0.00470 e. The summed E-state index contributed by atoms with van der Waals surface area (Å²) in [6, 6.07) is 11.8. The number of unbranched alkanes of at least 4 members (excludes halogenated alkanes) is 27. The van der Waals surface area contributed by atoms with Crippen molar-refractivity contribution in [1.29, 1.82) is 0 Å². The lowest BCUT2D eigenvalue weighted by Crippen LogP contribution is -2.26. The van der Waals surface area contributed by atoms with Crippen molar-refractivity contribution in [1.82, 2.24) is 0 Å². The van der Waals surface area contributed by atoms with Gasteiger partial charge in [0.25, 0.3) is 0 Å². The number of benzene rings is 1.